The largest absolute Gasteiger partial charge is 0.326 e. The van der Waals surface area contributed by atoms with Crippen LogP contribution in [0.5, 0.6) is 0 Å². The van der Waals surface area contributed by atoms with Crippen LogP contribution in [0.2, 0.25) is 0 Å². The molecular formula is C15H31N3. The van der Waals surface area contributed by atoms with Crippen LogP contribution in [0.4, 0.5) is 0 Å². The van der Waals surface area contributed by atoms with Gasteiger partial charge in [0.15, 0.2) is 0 Å². The Balaban J connectivity index is 1.93. The third-order valence-corrected chi connectivity index (χ3v) is 5.19. The summed E-state index contributed by atoms with van der Waals surface area (Å²) in [6, 6.07) is 1.64. The zero-order chi connectivity index (χ0) is 13.3. The standard InChI is InChI=1S/C15H31N3/c1-12(2)17-8-10-18(11-9-17)13-6-5-7-15(3,4)14(13)16/h12-14H,5-11,16H2,1-4H3/t13-,14?/m0/s1. The number of hydrogen-bond donors (Lipinski definition) is 1. The van der Waals surface area contributed by atoms with Crippen molar-refractivity contribution in [3.05, 3.63) is 0 Å². The molecule has 1 saturated heterocycles. The molecule has 2 aliphatic rings. The molecule has 3 nitrogen and oxygen atoms in total. The summed E-state index contributed by atoms with van der Waals surface area (Å²) in [5.74, 6) is 0. The SMILES string of the molecule is CC(C)N1CCN([C@H]2CCCC(C)(C)C2N)CC1. The van der Waals surface area contributed by atoms with Gasteiger partial charge in [0.1, 0.15) is 0 Å². The molecule has 2 atom stereocenters. The maximum atomic E-state index is 6.53. The van der Waals surface area contributed by atoms with Crippen LogP contribution in [0, 0.1) is 5.41 Å². The van der Waals surface area contributed by atoms with E-state index in [2.05, 4.69) is 37.5 Å². The first-order valence-corrected chi connectivity index (χ1v) is 7.65. The molecule has 0 bridgehead atoms. The van der Waals surface area contributed by atoms with Gasteiger partial charge in [0.2, 0.25) is 0 Å². The smallest absolute Gasteiger partial charge is 0.0253 e. The lowest BCUT2D eigenvalue weighted by Crippen LogP contribution is -2.61. The second kappa shape index (κ2) is 5.48. The molecule has 0 radical (unpaired) electrons. The Labute approximate surface area is 113 Å². The monoisotopic (exact) mass is 253 g/mol. The van der Waals surface area contributed by atoms with Gasteiger partial charge in [0.05, 0.1) is 0 Å². The topological polar surface area (TPSA) is 32.5 Å². The van der Waals surface area contributed by atoms with Crippen molar-refractivity contribution >= 4 is 0 Å². The lowest BCUT2D eigenvalue weighted by Gasteiger charge is -2.49. The molecule has 3 heteroatoms. The highest BCUT2D eigenvalue weighted by Gasteiger charge is 2.39. The molecule has 0 spiro atoms. The van der Waals surface area contributed by atoms with Gasteiger partial charge < -0.3 is 5.73 Å². The molecule has 2 rings (SSSR count). The van der Waals surface area contributed by atoms with Crippen LogP contribution in [-0.2, 0) is 0 Å². The lowest BCUT2D eigenvalue weighted by molar-refractivity contribution is 0.0241. The highest BCUT2D eigenvalue weighted by atomic mass is 15.3. The van der Waals surface area contributed by atoms with E-state index in [1.165, 1.54) is 45.4 Å². The van der Waals surface area contributed by atoms with Gasteiger partial charge >= 0.3 is 0 Å². The normalized spacial score (nSPS) is 35.0. The fourth-order valence-electron chi connectivity index (χ4n) is 3.63. The Bertz CT molecular complexity index is 267. The third-order valence-electron chi connectivity index (χ3n) is 5.19. The second-order valence-electron chi connectivity index (χ2n) is 7.14. The fraction of sp³-hybridized carbons (Fsp3) is 1.00. The summed E-state index contributed by atoms with van der Waals surface area (Å²) >= 11 is 0. The summed E-state index contributed by atoms with van der Waals surface area (Å²) in [4.78, 5) is 5.24. The van der Waals surface area contributed by atoms with Crippen molar-refractivity contribution < 1.29 is 0 Å². The third kappa shape index (κ3) is 2.89. The van der Waals surface area contributed by atoms with Crippen molar-refractivity contribution in [3.63, 3.8) is 0 Å². The van der Waals surface area contributed by atoms with Gasteiger partial charge in [-0.05, 0) is 32.1 Å². The number of nitrogens with zero attached hydrogens (tertiary/aromatic N) is 2. The molecule has 0 aromatic carbocycles. The predicted octanol–water partition coefficient (Wildman–Crippen LogP) is 1.92. The van der Waals surface area contributed by atoms with Crippen LogP contribution in [0.15, 0.2) is 0 Å². The summed E-state index contributed by atoms with van der Waals surface area (Å²) in [5.41, 5.74) is 6.84. The number of nitrogens with two attached hydrogens (primary N) is 1. The number of piperazine rings is 1. The average molecular weight is 253 g/mol. The van der Waals surface area contributed by atoms with Crippen molar-refractivity contribution in [2.45, 2.75) is 65.1 Å². The molecule has 1 unspecified atom stereocenters. The van der Waals surface area contributed by atoms with E-state index in [-0.39, 0.29) is 0 Å². The van der Waals surface area contributed by atoms with Gasteiger partial charge in [-0.3, -0.25) is 9.80 Å². The van der Waals surface area contributed by atoms with E-state index in [0.29, 0.717) is 23.5 Å². The van der Waals surface area contributed by atoms with E-state index >= 15 is 0 Å². The summed E-state index contributed by atoms with van der Waals surface area (Å²) < 4.78 is 0. The summed E-state index contributed by atoms with van der Waals surface area (Å²) in [7, 11) is 0. The maximum Gasteiger partial charge on any atom is 0.0253 e. The Morgan fingerprint density at radius 1 is 1.11 bits per heavy atom. The van der Waals surface area contributed by atoms with E-state index in [0.717, 1.165) is 0 Å². The molecule has 1 saturated carbocycles. The van der Waals surface area contributed by atoms with Gasteiger partial charge in [-0.1, -0.05) is 20.3 Å². The van der Waals surface area contributed by atoms with Crippen molar-refractivity contribution in [3.8, 4) is 0 Å². The summed E-state index contributed by atoms with van der Waals surface area (Å²) in [5, 5.41) is 0. The van der Waals surface area contributed by atoms with E-state index in [4.69, 9.17) is 5.73 Å². The quantitative estimate of drug-likeness (QED) is 0.816. The van der Waals surface area contributed by atoms with Gasteiger partial charge in [-0.25, -0.2) is 0 Å². The van der Waals surface area contributed by atoms with Gasteiger partial charge in [-0.15, -0.1) is 0 Å². The Hall–Kier alpha value is -0.120. The van der Waals surface area contributed by atoms with E-state index < -0.39 is 0 Å². The molecule has 18 heavy (non-hydrogen) atoms. The Kier molecular flexibility index (Phi) is 4.35. The van der Waals surface area contributed by atoms with Crippen molar-refractivity contribution in [2.75, 3.05) is 26.2 Å². The maximum absolute atomic E-state index is 6.53. The van der Waals surface area contributed by atoms with E-state index in [1.54, 1.807) is 0 Å². The van der Waals surface area contributed by atoms with Crippen molar-refractivity contribution in [1.82, 2.24) is 9.80 Å². The molecule has 2 fully saturated rings. The molecule has 1 aliphatic heterocycles. The highest BCUT2D eigenvalue weighted by molar-refractivity contribution is 4.97. The average Bonchev–Trinajstić information content (AvgIpc) is 2.33. The van der Waals surface area contributed by atoms with E-state index in [9.17, 15) is 0 Å². The highest BCUT2D eigenvalue weighted by Crippen LogP contribution is 2.36. The first kappa shape index (κ1) is 14.3. The molecule has 1 aliphatic carbocycles. The minimum atomic E-state index is 0.318. The zero-order valence-corrected chi connectivity index (χ0v) is 12.7. The van der Waals surface area contributed by atoms with Gasteiger partial charge in [0.25, 0.3) is 0 Å². The van der Waals surface area contributed by atoms with Crippen LogP contribution < -0.4 is 5.73 Å². The molecule has 0 aromatic heterocycles. The van der Waals surface area contributed by atoms with Gasteiger partial charge in [0, 0.05) is 44.3 Å². The molecule has 0 aromatic rings. The Morgan fingerprint density at radius 2 is 1.72 bits per heavy atom. The molecule has 106 valence electrons. The van der Waals surface area contributed by atoms with Crippen LogP contribution >= 0.6 is 0 Å². The molecule has 0 amide bonds. The van der Waals surface area contributed by atoms with Crippen LogP contribution in [0.3, 0.4) is 0 Å². The van der Waals surface area contributed by atoms with Crippen molar-refractivity contribution in [2.24, 2.45) is 11.1 Å². The lowest BCUT2D eigenvalue weighted by atomic mass is 9.70. The minimum absolute atomic E-state index is 0.318. The summed E-state index contributed by atoms with van der Waals surface area (Å²) in [6.07, 6.45) is 3.93. The fourth-order valence-corrected chi connectivity index (χ4v) is 3.63. The predicted molar refractivity (Wildman–Crippen MR) is 77.7 cm³/mol. The molecule has 1 heterocycles. The first-order chi connectivity index (χ1) is 8.42. The second-order valence-corrected chi connectivity index (χ2v) is 7.14. The van der Waals surface area contributed by atoms with Crippen LogP contribution in [0.1, 0.15) is 47.0 Å². The van der Waals surface area contributed by atoms with E-state index in [1.807, 2.05) is 0 Å². The first-order valence-electron chi connectivity index (χ1n) is 7.65. The zero-order valence-electron chi connectivity index (χ0n) is 12.7. The summed E-state index contributed by atoms with van der Waals surface area (Å²) in [6.45, 7) is 14.1. The van der Waals surface area contributed by atoms with Crippen molar-refractivity contribution in [1.29, 1.82) is 0 Å². The number of hydrogen-bond acceptors (Lipinski definition) is 3. The molecular weight excluding hydrogens is 222 g/mol. The Morgan fingerprint density at radius 3 is 2.28 bits per heavy atom. The number of rotatable bonds is 2. The van der Waals surface area contributed by atoms with Gasteiger partial charge in [-0.2, -0.15) is 0 Å². The van der Waals surface area contributed by atoms with Crippen LogP contribution in [-0.4, -0.2) is 54.1 Å². The van der Waals surface area contributed by atoms with Crippen LogP contribution in [0.25, 0.3) is 0 Å². The molecule has 2 N–H and O–H groups in total. The minimum Gasteiger partial charge on any atom is -0.326 e.